The summed E-state index contributed by atoms with van der Waals surface area (Å²) in [5.41, 5.74) is 0. The maximum atomic E-state index is 9.89. The van der Waals surface area contributed by atoms with Gasteiger partial charge in [0.15, 0.2) is 0 Å². The summed E-state index contributed by atoms with van der Waals surface area (Å²) in [6.07, 6.45) is 1.69. The summed E-state index contributed by atoms with van der Waals surface area (Å²) in [7, 11) is 0. The summed E-state index contributed by atoms with van der Waals surface area (Å²) in [5.74, 6) is 0. The quantitative estimate of drug-likeness (QED) is 0.743. The highest BCUT2D eigenvalue weighted by molar-refractivity contribution is 4.83. The van der Waals surface area contributed by atoms with Gasteiger partial charge in [-0.05, 0) is 33.2 Å². The summed E-state index contributed by atoms with van der Waals surface area (Å²) >= 11 is 0. The second kappa shape index (κ2) is 5.69. The normalized spacial score (nSPS) is 28.7. The lowest BCUT2D eigenvalue weighted by molar-refractivity contribution is -0.0698. The first-order chi connectivity index (χ1) is 6.66. The van der Waals surface area contributed by atoms with Gasteiger partial charge in [-0.2, -0.15) is 0 Å². The molecular weight excluding hydrogens is 178 g/mol. The molecule has 1 N–H and O–H groups in total. The second-order valence-electron chi connectivity index (χ2n) is 4.33. The molecule has 0 aliphatic carbocycles. The van der Waals surface area contributed by atoms with Crippen molar-refractivity contribution in [3.63, 3.8) is 0 Å². The van der Waals surface area contributed by atoms with Gasteiger partial charge >= 0.3 is 0 Å². The molecule has 0 aromatic rings. The second-order valence-corrected chi connectivity index (χ2v) is 4.33. The fourth-order valence-electron chi connectivity index (χ4n) is 2.09. The zero-order chi connectivity index (χ0) is 10.6. The van der Waals surface area contributed by atoms with Crippen molar-refractivity contribution in [2.24, 2.45) is 0 Å². The molecule has 1 fully saturated rings. The van der Waals surface area contributed by atoms with Crippen molar-refractivity contribution in [1.82, 2.24) is 4.90 Å². The SMILES string of the molecule is CCCN(C(C)C)C1COCCC1O. The van der Waals surface area contributed by atoms with Crippen LogP contribution in [0.4, 0.5) is 0 Å². The minimum absolute atomic E-state index is 0.198. The highest BCUT2D eigenvalue weighted by Crippen LogP contribution is 2.17. The largest absolute Gasteiger partial charge is 0.391 e. The van der Waals surface area contributed by atoms with E-state index in [9.17, 15) is 5.11 Å². The van der Waals surface area contributed by atoms with E-state index < -0.39 is 0 Å². The van der Waals surface area contributed by atoms with E-state index in [-0.39, 0.29) is 12.1 Å². The molecule has 84 valence electrons. The Hall–Kier alpha value is -0.120. The third-order valence-corrected chi connectivity index (χ3v) is 2.86. The van der Waals surface area contributed by atoms with Crippen LogP contribution in [0.15, 0.2) is 0 Å². The highest BCUT2D eigenvalue weighted by Gasteiger charge is 2.30. The van der Waals surface area contributed by atoms with E-state index in [1.807, 2.05) is 0 Å². The Morgan fingerprint density at radius 1 is 1.50 bits per heavy atom. The van der Waals surface area contributed by atoms with Crippen LogP contribution >= 0.6 is 0 Å². The molecule has 2 atom stereocenters. The first kappa shape index (κ1) is 12.0. The zero-order valence-corrected chi connectivity index (χ0v) is 9.57. The Morgan fingerprint density at radius 3 is 2.71 bits per heavy atom. The molecule has 1 heterocycles. The Morgan fingerprint density at radius 2 is 2.21 bits per heavy atom. The molecule has 0 spiro atoms. The van der Waals surface area contributed by atoms with Crippen molar-refractivity contribution in [3.05, 3.63) is 0 Å². The van der Waals surface area contributed by atoms with Crippen molar-refractivity contribution in [1.29, 1.82) is 0 Å². The number of hydrogen-bond donors (Lipinski definition) is 1. The molecule has 1 rings (SSSR count). The van der Waals surface area contributed by atoms with Gasteiger partial charge in [0.05, 0.1) is 18.8 Å². The lowest BCUT2D eigenvalue weighted by Crippen LogP contribution is -2.52. The van der Waals surface area contributed by atoms with Crippen LogP contribution in [0.25, 0.3) is 0 Å². The fraction of sp³-hybridized carbons (Fsp3) is 1.00. The van der Waals surface area contributed by atoms with Gasteiger partial charge in [0, 0.05) is 12.6 Å². The molecule has 0 aromatic heterocycles. The standard InChI is InChI=1S/C11H23NO2/c1-4-6-12(9(2)3)10-8-14-7-5-11(10)13/h9-11,13H,4-8H2,1-3H3. The summed E-state index contributed by atoms with van der Waals surface area (Å²) in [6, 6.07) is 0.681. The van der Waals surface area contributed by atoms with Crippen molar-refractivity contribution < 1.29 is 9.84 Å². The third-order valence-electron chi connectivity index (χ3n) is 2.86. The molecule has 3 nitrogen and oxygen atoms in total. The van der Waals surface area contributed by atoms with Crippen molar-refractivity contribution >= 4 is 0 Å². The minimum Gasteiger partial charge on any atom is -0.391 e. The first-order valence-corrected chi connectivity index (χ1v) is 5.68. The molecule has 3 heteroatoms. The van der Waals surface area contributed by atoms with Crippen LogP contribution in [0.3, 0.4) is 0 Å². The van der Waals surface area contributed by atoms with E-state index in [4.69, 9.17) is 4.74 Å². The molecule has 0 saturated carbocycles. The topological polar surface area (TPSA) is 32.7 Å². The van der Waals surface area contributed by atoms with Crippen LogP contribution in [0.5, 0.6) is 0 Å². The number of aliphatic hydroxyl groups is 1. The number of hydrogen-bond acceptors (Lipinski definition) is 3. The lowest BCUT2D eigenvalue weighted by atomic mass is 10.0. The molecule has 0 bridgehead atoms. The Labute approximate surface area is 87.1 Å². The molecule has 0 amide bonds. The summed E-state index contributed by atoms with van der Waals surface area (Å²) < 4.78 is 5.43. The monoisotopic (exact) mass is 201 g/mol. The average molecular weight is 201 g/mol. The van der Waals surface area contributed by atoms with E-state index in [1.165, 1.54) is 0 Å². The third kappa shape index (κ3) is 2.94. The Balaban J connectivity index is 2.55. The maximum absolute atomic E-state index is 9.89. The van der Waals surface area contributed by atoms with Crippen LogP contribution in [-0.2, 0) is 4.74 Å². The Kier molecular flexibility index (Phi) is 4.85. The van der Waals surface area contributed by atoms with E-state index in [1.54, 1.807) is 0 Å². The van der Waals surface area contributed by atoms with Gasteiger partial charge in [-0.25, -0.2) is 0 Å². The number of nitrogens with zero attached hydrogens (tertiary/aromatic N) is 1. The molecule has 1 aliphatic heterocycles. The van der Waals surface area contributed by atoms with Crippen molar-refractivity contribution in [2.45, 2.75) is 51.8 Å². The lowest BCUT2D eigenvalue weighted by Gasteiger charge is -2.39. The predicted octanol–water partition coefficient (Wildman–Crippen LogP) is 1.26. The molecule has 1 aliphatic rings. The molecular formula is C11H23NO2. The smallest absolute Gasteiger partial charge is 0.0739 e. The number of rotatable bonds is 4. The van der Waals surface area contributed by atoms with Crippen LogP contribution < -0.4 is 0 Å². The van der Waals surface area contributed by atoms with Crippen LogP contribution in [0.1, 0.15) is 33.6 Å². The summed E-state index contributed by atoms with van der Waals surface area (Å²) in [6.45, 7) is 8.96. The van der Waals surface area contributed by atoms with Gasteiger partial charge in [0.1, 0.15) is 0 Å². The van der Waals surface area contributed by atoms with E-state index in [0.717, 1.165) is 19.4 Å². The van der Waals surface area contributed by atoms with Gasteiger partial charge in [0.25, 0.3) is 0 Å². The van der Waals surface area contributed by atoms with Crippen molar-refractivity contribution in [2.75, 3.05) is 19.8 Å². The predicted molar refractivity (Wildman–Crippen MR) is 57.4 cm³/mol. The summed E-state index contributed by atoms with van der Waals surface area (Å²) in [4.78, 5) is 2.35. The molecule has 14 heavy (non-hydrogen) atoms. The molecule has 0 aromatic carbocycles. The average Bonchev–Trinajstić information content (AvgIpc) is 2.15. The van der Waals surface area contributed by atoms with Gasteiger partial charge in [-0.3, -0.25) is 4.90 Å². The maximum Gasteiger partial charge on any atom is 0.0739 e. The molecule has 0 radical (unpaired) electrons. The van der Waals surface area contributed by atoms with Crippen molar-refractivity contribution in [3.8, 4) is 0 Å². The molecule has 1 saturated heterocycles. The number of ether oxygens (including phenoxy) is 1. The van der Waals surface area contributed by atoms with Crippen LogP contribution in [0, 0.1) is 0 Å². The fourth-order valence-corrected chi connectivity index (χ4v) is 2.09. The zero-order valence-electron chi connectivity index (χ0n) is 9.57. The van der Waals surface area contributed by atoms with E-state index >= 15 is 0 Å². The summed E-state index contributed by atoms with van der Waals surface area (Å²) in [5, 5.41) is 9.89. The van der Waals surface area contributed by atoms with Crippen LogP contribution in [-0.4, -0.2) is 48.0 Å². The van der Waals surface area contributed by atoms with Gasteiger partial charge < -0.3 is 9.84 Å². The van der Waals surface area contributed by atoms with E-state index in [2.05, 4.69) is 25.7 Å². The minimum atomic E-state index is -0.210. The van der Waals surface area contributed by atoms with E-state index in [0.29, 0.717) is 19.3 Å². The Bertz CT molecular complexity index is 159. The number of aliphatic hydroxyl groups excluding tert-OH is 1. The van der Waals surface area contributed by atoms with Gasteiger partial charge in [0.2, 0.25) is 0 Å². The van der Waals surface area contributed by atoms with Gasteiger partial charge in [-0.15, -0.1) is 0 Å². The molecule has 2 unspecified atom stereocenters. The van der Waals surface area contributed by atoms with Gasteiger partial charge in [-0.1, -0.05) is 6.92 Å². The van der Waals surface area contributed by atoms with Crippen LogP contribution in [0.2, 0.25) is 0 Å². The highest BCUT2D eigenvalue weighted by atomic mass is 16.5. The first-order valence-electron chi connectivity index (χ1n) is 5.68.